The van der Waals surface area contributed by atoms with Gasteiger partial charge in [0.2, 0.25) is 5.91 Å². The highest BCUT2D eigenvalue weighted by molar-refractivity contribution is 7.99. The maximum atomic E-state index is 13.8. The highest BCUT2D eigenvalue weighted by Gasteiger charge is 2.14. The Morgan fingerprint density at radius 1 is 1.36 bits per heavy atom. The fourth-order valence-electron chi connectivity index (χ4n) is 1.88. The molecule has 5 nitrogen and oxygen atoms in total. The van der Waals surface area contributed by atoms with Gasteiger partial charge in [0.15, 0.2) is 16.8 Å². The van der Waals surface area contributed by atoms with Crippen LogP contribution in [-0.4, -0.2) is 35.3 Å². The second-order valence-electron chi connectivity index (χ2n) is 4.84. The SMILES string of the molecule is CN(C)c1c(F)cc(NC(=O)CSc2nccn2C)cc1F. The second kappa shape index (κ2) is 6.78. The predicted molar refractivity (Wildman–Crippen MR) is 83.2 cm³/mol. The molecule has 2 aromatic rings. The maximum absolute atomic E-state index is 13.8. The molecular formula is C14H16F2N4OS. The van der Waals surface area contributed by atoms with Gasteiger partial charge in [-0.1, -0.05) is 11.8 Å². The lowest BCUT2D eigenvalue weighted by molar-refractivity contribution is -0.113. The third-order valence-electron chi connectivity index (χ3n) is 2.86. The first-order chi connectivity index (χ1) is 10.4. The Morgan fingerprint density at radius 2 is 2.00 bits per heavy atom. The Balaban J connectivity index is 2.01. The smallest absolute Gasteiger partial charge is 0.234 e. The Kier molecular flexibility index (Phi) is 5.02. The summed E-state index contributed by atoms with van der Waals surface area (Å²) < 4.78 is 29.4. The molecule has 0 bridgehead atoms. The number of carbonyl (C=O) groups excluding carboxylic acids is 1. The average Bonchev–Trinajstić information content (AvgIpc) is 2.80. The van der Waals surface area contributed by atoms with Crippen LogP contribution in [0.1, 0.15) is 0 Å². The molecular weight excluding hydrogens is 310 g/mol. The Bertz CT molecular complexity index is 664. The summed E-state index contributed by atoms with van der Waals surface area (Å²) in [4.78, 5) is 17.3. The number of hydrogen-bond acceptors (Lipinski definition) is 4. The number of thioether (sulfide) groups is 1. The summed E-state index contributed by atoms with van der Waals surface area (Å²) in [6.07, 6.45) is 3.40. The molecule has 0 atom stereocenters. The number of nitrogens with one attached hydrogen (secondary N) is 1. The van der Waals surface area contributed by atoms with Crippen molar-refractivity contribution in [2.45, 2.75) is 5.16 Å². The monoisotopic (exact) mass is 326 g/mol. The largest absolute Gasteiger partial charge is 0.373 e. The molecule has 118 valence electrons. The number of anilines is 2. The van der Waals surface area contributed by atoms with Gasteiger partial charge in [0.1, 0.15) is 5.69 Å². The third kappa shape index (κ3) is 3.76. The van der Waals surface area contributed by atoms with E-state index < -0.39 is 11.6 Å². The Labute approximate surface area is 131 Å². The number of aryl methyl sites for hydroxylation is 1. The van der Waals surface area contributed by atoms with E-state index in [1.165, 1.54) is 16.7 Å². The van der Waals surface area contributed by atoms with Crippen molar-refractivity contribution in [1.29, 1.82) is 0 Å². The van der Waals surface area contributed by atoms with Gasteiger partial charge in [-0.3, -0.25) is 4.79 Å². The van der Waals surface area contributed by atoms with Gasteiger partial charge in [-0.15, -0.1) is 0 Å². The molecule has 1 N–H and O–H groups in total. The van der Waals surface area contributed by atoms with Crippen LogP contribution in [0, 0.1) is 11.6 Å². The zero-order valence-electron chi connectivity index (χ0n) is 12.4. The van der Waals surface area contributed by atoms with E-state index in [4.69, 9.17) is 0 Å². The van der Waals surface area contributed by atoms with E-state index in [9.17, 15) is 13.6 Å². The maximum Gasteiger partial charge on any atom is 0.234 e. The molecule has 1 aromatic carbocycles. The summed E-state index contributed by atoms with van der Waals surface area (Å²) >= 11 is 1.24. The lowest BCUT2D eigenvalue weighted by Crippen LogP contribution is -2.17. The third-order valence-corrected chi connectivity index (χ3v) is 3.92. The highest BCUT2D eigenvalue weighted by Crippen LogP contribution is 2.25. The lowest BCUT2D eigenvalue weighted by Gasteiger charge is -2.15. The van der Waals surface area contributed by atoms with E-state index in [0.717, 1.165) is 12.1 Å². The summed E-state index contributed by atoms with van der Waals surface area (Å²) in [5, 5.41) is 3.17. The first-order valence-electron chi connectivity index (χ1n) is 6.45. The molecule has 0 saturated carbocycles. The van der Waals surface area contributed by atoms with Crippen molar-refractivity contribution in [3.8, 4) is 0 Å². The fraction of sp³-hybridized carbons (Fsp3) is 0.286. The van der Waals surface area contributed by atoms with Crippen LogP contribution < -0.4 is 10.2 Å². The molecule has 8 heteroatoms. The summed E-state index contributed by atoms with van der Waals surface area (Å²) in [7, 11) is 4.91. The van der Waals surface area contributed by atoms with Crippen molar-refractivity contribution in [3.63, 3.8) is 0 Å². The van der Waals surface area contributed by atoms with Crippen LogP contribution in [0.4, 0.5) is 20.2 Å². The molecule has 0 spiro atoms. The molecule has 0 aliphatic carbocycles. The number of aromatic nitrogens is 2. The lowest BCUT2D eigenvalue weighted by atomic mass is 10.2. The quantitative estimate of drug-likeness (QED) is 0.858. The minimum Gasteiger partial charge on any atom is -0.373 e. The van der Waals surface area contributed by atoms with Crippen LogP contribution in [0.2, 0.25) is 0 Å². The molecule has 0 aliphatic rings. The molecule has 22 heavy (non-hydrogen) atoms. The number of amides is 1. The molecule has 1 aromatic heterocycles. The van der Waals surface area contributed by atoms with Gasteiger partial charge in [0.05, 0.1) is 5.75 Å². The Hall–Kier alpha value is -2.09. The second-order valence-corrected chi connectivity index (χ2v) is 5.78. The van der Waals surface area contributed by atoms with E-state index in [1.807, 2.05) is 7.05 Å². The number of benzene rings is 1. The minimum atomic E-state index is -0.725. The van der Waals surface area contributed by atoms with Crippen molar-refractivity contribution in [2.75, 3.05) is 30.1 Å². The Morgan fingerprint density at radius 3 is 2.50 bits per heavy atom. The summed E-state index contributed by atoms with van der Waals surface area (Å²) in [6, 6.07) is 2.20. The average molecular weight is 326 g/mol. The van der Waals surface area contributed by atoms with Gasteiger partial charge >= 0.3 is 0 Å². The first kappa shape index (κ1) is 16.3. The normalized spacial score (nSPS) is 10.6. The van der Waals surface area contributed by atoms with Gasteiger partial charge in [0, 0.05) is 39.2 Å². The minimum absolute atomic E-state index is 0.0889. The van der Waals surface area contributed by atoms with Crippen LogP contribution in [-0.2, 0) is 11.8 Å². The van der Waals surface area contributed by atoms with Crippen LogP contribution >= 0.6 is 11.8 Å². The molecule has 0 radical (unpaired) electrons. The van der Waals surface area contributed by atoms with Crippen LogP contribution in [0.25, 0.3) is 0 Å². The van der Waals surface area contributed by atoms with Crippen molar-refractivity contribution >= 4 is 29.0 Å². The number of nitrogens with zero attached hydrogens (tertiary/aromatic N) is 3. The van der Waals surface area contributed by atoms with Crippen LogP contribution in [0.15, 0.2) is 29.7 Å². The topological polar surface area (TPSA) is 50.2 Å². The van der Waals surface area contributed by atoms with Gasteiger partial charge < -0.3 is 14.8 Å². The predicted octanol–water partition coefficient (Wildman–Crippen LogP) is 2.50. The van der Waals surface area contributed by atoms with Crippen molar-refractivity contribution in [3.05, 3.63) is 36.2 Å². The summed E-state index contributed by atoms with van der Waals surface area (Å²) in [5.74, 6) is -1.71. The first-order valence-corrected chi connectivity index (χ1v) is 7.43. The van der Waals surface area contributed by atoms with Crippen LogP contribution in [0.3, 0.4) is 0 Å². The number of carbonyl (C=O) groups is 1. The van der Waals surface area contributed by atoms with Gasteiger partial charge in [-0.25, -0.2) is 13.8 Å². The van der Waals surface area contributed by atoms with E-state index in [0.29, 0.717) is 5.16 Å². The van der Waals surface area contributed by atoms with Crippen molar-refractivity contribution < 1.29 is 13.6 Å². The molecule has 1 amide bonds. The van der Waals surface area contributed by atoms with Crippen molar-refractivity contribution in [2.24, 2.45) is 7.05 Å². The number of hydrogen-bond donors (Lipinski definition) is 1. The van der Waals surface area contributed by atoms with Crippen LogP contribution in [0.5, 0.6) is 0 Å². The van der Waals surface area contributed by atoms with Gasteiger partial charge in [0.25, 0.3) is 0 Å². The number of imidazole rings is 1. The standard InChI is InChI=1S/C14H16F2N4OS/c1-19(2)13-10(15)6-9(7-11(13)16)18-12(21)8-22-14-17-4-5-20(14)3/h4-7H,8H2,1-3H3,(H,18,21). The molecule has 0 saturated heterocycles. The van der Waals surface area contributed by atoms with E-state index in [2.05, 4.69) is 10.3 Å². The molecule has 1 heterocycles. The molecule has 0 unspecified atom stereocenters. The zero-order valence-corrected chi connectivity index (χ0v) is 13.2. The van der Waals surface area contributed by atoms with Crippen molar-refractivity contribution in [1.82, 2.24) is 9.55 Å². The molecule has 0 fully saturated rings. The number of halogens is 2. The van der Waals surface area contributed by atoms with E-state index in [1.54, 1.807) is 31.1 Å². The van der Waals surface area contributed by atoms with E-state index >= 15 is 0 Å². The molecule has 0 aliphatic heterocycles. The fourth-order valence-corrected chi connectivity index (χ4v) is 2.62. The van der Waals surface area contributed by atoms with E-state index in [-0.39, 0.29) is 23.0 Å². The zero-order chi connectivity index (χ0) is 16.3. The van der Waals surface area contributed by atoms with Gasteiger partial charge in [-0.2, -0.15) is 0 Å². The molecule has 2 rings (SSSR count). The number of rotatable bonds is 5. The summed E-state index contributed by atoms with van der Waals surface area (Å²) in [5.41, 5.74) is -0.0496. The van der Waals surface area contributed by atoms with Gasteiger partial charge in [-0.05, 0) is 12.1 Å². The summed E-state index contributed by atoms with van der Waals surface area (Å²) in [6.45, 7) is 0. The highest BCUT2D eigenvalue weighted by atomic mass is 32.2.